The van der Waals surface area contributed by atoms with Crippen LogP contribution in [0, 0.1) is 0 Å². The molecule has 146 valence electrons. The number of amides is 1. The zero-order valence-electron chi connectivity index (χ0n) is 14.9. The van der Waals surface area contributed by atoms with Crippen molar-refractivity contribution >= 4 is 11.4 Å². The molecule has 0 bridgehead atoms. The number of carbonyl (C=O) groups is 1. The van der Waals surface area contributed by atoms with Gasteiger partial charge in [0.05, 0.1) is 6.20 Å². The Kier molecular flexibility index (Phi) is 4.71. The first-order valence-electron chi connectivity index (χ1n) is 8.72. The minimum atomic E-state index is -4.67. The van der Waals surface area contributed by atoms with Gasteiger partial charge in [-0.15, -0.1) is 0 Å². The zero-order chi connectivity index (χ0) is 20.4. The molecule has 4 heterocycles. The van der Waals surface area contributed by atoms with Crippen molar-refractivity contribution in [2.75, 3.05) is 0 Å². The minimum Gasteiger partial charge on any atom is -0.325 e. The predicted octanol–water partition coefficient (Wildman–Crippen LogP) is 2.66. The fourth-order valence-electron chi connectivity index (χ4n) is 3.11. The Hall–Kier alpha value is -3.75. The van der Waals surface area contributed by atoms with Crippen molar-refractivity contribution in [3.05, 3.63) is 84.8 Å². The highest BCUT2D eigenvalue weighted by Gasteiger charge is 2.46. The number of carbonyl (C=O) groups excluding carboxylic acids is 1. The van der Waals surface area contributed by atoms with Crippen LogP contribution in [-0.4, -0.2) is 22.1 Å². The number of H-pyrrole nitrogens is 2. The average molecular weight is 399 g/mol. The Balaban J connectivity index is 1.76. The van der Waals surface area contributed by atoms with Crippen LogP contribution in [0.3, 0.4) is 0 Å². The summed E-state index contributed by atoms with van der Waals surface area (Å²) in [4.78, 5) is 22.3. The number of rotatable bonds is 4. The Morgan fingerprint density at radius 2 is 1.86 bits per heavy atom. The van der Waals surface area contributed by atoms with Crippen molar-refractivity contribution in [3.8, 4) is 11.3 Å². The molecule has 0 aliphatic carbocycles. The molecule has 3 N–H and O–H groups in total. The van der Waals surface area contributed by atoms with E-state index in [1.54, 1.807) is 55.0 Å². The van der Waals surface area contributed by atoms with Gasteiger partial charge in [-0.2, -0.15) is 17.6 Å². The smallest absolute Gasteiger partial charge is 0.325 e. The lowest BCUT2D eigenvalue weighted by Crippen LogP contribution is -2.44. The van der Waals surface area contributed by atoms with Crippen LogP contribution in [-0.2, 0) is 0 Å². The van der Waals surface area contributed by atoms with Crippen molar-refractivity contribution in [1.29, 1.82) is 0 Å². The molecule has 1 amide bonds. The highest BCUT2D eigenvalue weighted by atomic mass is 19.4. The molecule has 29 heavy (non-hydrogen) atoms. The topological polar surface area (TPSA) is 76.0 Å². The number of halogens is 3. The summed E-state index contributed by atoms with van der Waals surface area (Å²) in [6.07, 6.45) is 1.51. The van der Waals surface area contributed by atoms with Crippen LogP contribution in [0.1, 0.15) is 22.4 Å². The Labute approximate surface area is 163 Å². The van der Waals surface area contributed by atoms with E-state index in [1.807, 2.05) is 0 Å². The highest BCUT2D eigenvalue weighted by Crippen LogP contribution is 2.31. The van der Waals surface area contributed by atoms with Crippen molar-refractivity contribution in [3.63, 3.8) is 0 Å². The molecule has 0 aromatic carbocycles. The quantitative estimate of drug-likeness (QED) is 0.518. The molecular weight excluding hydrogens is 383 g/mol. The number of aromatic nitrogens is 4. The van der Waals surface area contributed by atoms with E-state index in [0.717, 1.165) is 5.56 Å². The van der Waals surface area contributed by atoms with Crippen LogP contribution in [0.2, 0.25) is 0 Å². The lowest BCUT2D eigenvalue weighted by atomic mass is 10.1. The van der Waals surface area contributed by atoms with E-state index in [1.165, 1.54) is 22.7 Å². The van der Waals surface area contributed by atoms with E-state index in [9.17, 15) is 18.0 Å². The standard InChI is InChI=1S/C20H14F3N5O/c21-20(22,23)17(14-5-1-3-9-25-14)27-19(29)18-26-16(13-7-10-24-11-8-13)15-6-2-4-12-28(15)18/h1-12,17H,(H,27,29)/p+2. The summed E-state index contributed by atoms with van der Waals surface area (Å²) in [7, 11) is 0. The summed E-state index contributed by atoms with van der Waals surface area (Å²) < 4.78 is 42.3. The maximum absolute atomic E-state index is 13.6. The molecule has 0 radical (unpaired) electrons. The van der Waals surface area contributed by atoms with E-state index >= 15 is 0 Å². The third-order valence-corrected chi connectivity index (χ3v) is 4.43. The van der Waals surface area contributed by atoms with E-state index < -0.39 is 18.1 Å². The first-order chi connectivity index (χ1) is 13.9. The molecule has 0 saturated heterocycles. The Bertz CT molecular complexity index is 1140. The summed E-state index contributed by atoms with van der Waals surface area (Å²) in [6, 6.07) is 10.9. The summed E-state index contributed by atoms with van der Waals surface area (Å²) in [6.45, 7) is 0. The van der Waals surface area contributed by atoms with Crippen molar-refractivity contribution in [2.24, 2.45) is 0 Å². The molecule has 0 aliphatic heterocycles. The summed E-state index contributed by atoms with van der Waals surface area (Å²) in [5.41, 5.74) is 1.85. The third-order valence-electron chi connectivity index (χ3n) is 4.43. The van der Waals surface area contributed by atoms with E-state index in [4.69, 9.17) is 0 Å². The van der Waals surface area contributed by atoms with Gasteiger partial charge in [0.15, 0.2) is 17.4 Å². The molecule has 0 fully saturated rings. The van der Waals surface area contributed by atoms with Gasteiger partial charge in [0.25, 0.3) is 0 Å². The van der Waals surface area contributed by atoms with Crippen molar-refractivity contribution in [2.45, 2.75) is 12.2 Å². The second-order valence-corrected chi connectivity index (χ2v) is 6.31. The second kappa shape index (κ2) is 7.34. The van der Waals surface area contributed by atoms with E-state index in [0.29, 0.717) is 11.2 Å². The normalized spacial score (nSPS) is 12.7. The van der Waals surface area contributed by atoms with Crippen LogP contribution in [0.5, 0.6) is 0 Å². The van der Waals surface area contributed by atoms with Gasteiger partial charge < -0.3 is 5.32 Å². The number of fused-ring (bicyclic) bond motifs is 1. The number of hydrogen-bond donors (Lipinski definition) is 2. The summed E-state index contributed by atoms with van der Waals surface area (Å²) >= 11 is 0. The number of alkyl halides is 3. The fourth-order valence-corrected chi connectivity index (χ4v) is 3.11. The number of nitrogens with zero attached hydrogens (tertiary/aromatic N) is 2. The first kappa shape index (κ1) is 18.6. The molecular formula is C20H16F3N5O+2. The van der Waals surface area contributed by atoms with Gasteiger partial charge >= 0.3 is 17.9 Å². The number of imidazole rings is 1. The van der Waals surface area contributed by atoms with Crippen molar-refractivity contribution < 1.29 is 27.4 Å². The van der Waals surface area contributed by atoms with Crippen LogP contribution < -0.4 is 14.7 Å². The molecule has 0 saturated carbocycles. The maximum Gasteiger partial charge on any atom is 0.418 e. The Morgan fingerprint density at radius 3 is 2.55 bits per heavy atom. The molecule has 4 rings (SSSR count). The van der Waals surface area contributed by atoms with Gasteiger partial charge in [-0.1, -0.05) is 12.1 Å². The molecule has 1 unspecified atom stereocenters. The van der Waals surface area contributed by atoms with Crippen LogP contribution >= 0.6 is 0 Å². The minimum absolute atomic E-state index is 0.0161. The van der Waals surface area contributed by atoms with Gasteiger partial charge in [0, 0.05) is 30.1 Å². The largest absolute Gasteiger partial charge is 0.418 e. The van der Waals surface area contributed by atoms with Gasteiger partial charge in [-0.25, -0.2) is 9.97 Å². The summed E-state index contributed by atoms with van der Waals surface area (Å²) in [5, 5.41) is 2.09. The molecule has 9 heteroatoms. The maximum atomic E-state index is 13.6. The van der Waals surface area contributed by atoms with E-state index in [-0.39, 0.29) is 11.5 Å². The lowest BCUT2D eigenvalue weighted by Gasteiger charge is -2.17. The van der Waals surface area contributed by atoms with Gasteiger partial charge in [0.1, 0.15) is 0 Å². The molecule has 4 aromatic rings. The monoisotopic (exact) mass is 399 g/mol. The first-order valence-corrected chi connectivity index (χ1v) is 8.72. The molecule has 4 aromatic heterocycles. The van der Waals surface area contributed by atoms with Crippen LogP contribution in [0.25, 0.3) is 16.8 Å². The molecule has 0 aliphatic rings. The number of pyridine rings is 3. The highest BCUT2D eigenvalue weighted by molar-refractivity contribution is 5.91. The van der Waals surface area contributed by atoms with Gasteiger partial charge in [-0.05, 0) is 24.3 Å². The number of aromatic amines is 2. The zero-order valence-corrected chi connectivity index (χ0v) is 14.9. The molecule has 6 nitrogen and oxygen atoms in total. The number of hydrogen-bond acceptors (Lipinski definition) is 2. The molecule has 0 spiro atoms. The second-order valence-electron chi connectivity index (χ2n) is 6.31. The lowest BCUT2D eigenvalue weighted by molar-refractivity contribution is -0.514. The third kappa shape index (κ3) is 3.66. The van der Waals surface area contributed by atoms with E-state index in [2.05, 4.69) is 20.3 Å². The average Bonchev–Trinajstić information content (AvgIpc) is 3.12. The fraction of sp³-hybridized carbons (Fsp3) is 0.100. The van der Waals surface area contributed by atoms with Gasteiger partial charge in [-0.3, -0.25) is 9.78 Å². The van der Waals surface area contributed by atoms with Gasteiger partial charge in [0.2, 0.25) is 11.7 Å². The van der Waals surface area contributed by atoms with Crippen LogP contribution in [0.4, 0.5) is 13.2 Å². The predicted molar refractivity (Wildman–Crippen MR) is 96.4 cm³/mol. The number of nitrogens with one attached hydrogen (secondary N) is 3. The summed E-state index contributed by atoms with van der Waals surface area (Å²) in [5.74, 6) is -0.899. The SMILES string of the molecule is O=C(NC(c1cccc[nH+]1)C(F)(F)F)c1[nH]c(-c2ccncc2)c2cccc[n+]12. The van der Waals surface area contributed by atoms with Crippen LogP contribution in [0.15, 0.2) is 73.3 Å². The Morgan fingerprint density at radius 1 is 1.10 bits per heavy atom. The molecule has 1 atom stereocenters. The van der Waals surface area contributed by atoms with Crippen molar-refractivity contribution in [1.82, 2.24) is 15.3 Å².